The minimum Gasteiger partial charge on any atom is -0.380 e. The molecule has 2 bridgehead atoms. The number of nitrogens with zero attached hydrogens (tertiary/aromatic N) is 2. The molecule has 0 aliphatic carbocycles. The second-order valence-corrected chi connectivity index (χ2v) is 5.57. The first-order valence-electron chi connectivity index (χ1n) is 5.92. The molecular weight excluding hydrogens is 259 g/mol. The molecule has 0 amide bonds. The van der Waals surface area contributed by atoms with Crippen molar-refractivity contribution in [2.24, 2.45) is 0 Å². The highest BCUT2D eigenvalue weighted by Gasteiger charge is 2.33. The van der Waals surface area contributed by atoms with Crippen LogP contribution >= 0.6 is 23.2 Å². The van der Waals surface area contributed by atoms with Gasteiger partial charge in [0.15, 0.2) is 10.3 Å². The highest BCUT2D eigenvalue weighted by molar-refractivity contribution is 6.33. The van der Waals surface area contributed by atoms with Crippen LogP contribution in [0, 0.1) is 0 Å². The van der Waals surface area contributed by atoms with Gasteiger partial charge in [-0.25, -0.2) is 0 Å². The molecule has 0 aromatic carbocycles. The highest BCUT2D eigenvalue weighted by atomic mass is 35.5. The summed E-state index contributed by atoms with van der Waals surface area (Å²) in [7, 11) is 0. The fraction of sp³-hybridized carbons (Fsp3) is 0.636. The van der Waals surface area contributed by atoms with E-state index in [9.17, 15) is 0 Å². The fourth-order valence-corrected chi connectivity index (χ4v) is 3.14. The molecule has 0 saturated carbocycles. The van der Waals surface area contributed by atoms with Crippen LogP contribution in [0.25, 0.3) is 0 Å². The molecular formula is C11H14Cl2N4. The van der Waals surface area contributed by atoms with E-state index in [-0.39, 0.29) is 0 Å². The number of rotatable bonds is 2. The molecule has 92 valence electrons. The van der Waals surface area contributed by atoms with Crippen LogP contribution in [0.4, 0.5) is 5.69 Å². The van der Waals surface area contributed by atoms with Gasteiger partial charge in [-0.2, -0.15) is 0 Å². The van der Waals surface area contributed by atoms with Crippen molar-refractivity contribution in [3.8, 4) is 0 Å². The zero-order valence-electron chi connectivity index (χ0n) is 9.29. The first-order valence-corrected chi connectivity index (χ1v) is 6.67. The van der Waals surface area contributed by atoms with Gasteiger partial charge < -0.3 is 10.6 Å². The summed E-state index contributed by atoms with van der Waals surface area (Å²) < 4.78 is 0. The standard InChI is InChI=1S/C11H14Cl2N4/c12-10-5-9(11(13)17-16-10)15-8-3-6-1-2-7(4-8)14-6/h5-8,14H,1-4H2,(H,15,16). The molecule has 6 heteroatoms. The molecule has 4 nitrogen and oxygen atoms in total. The maximum Gasteiger partial charge on any atom is 0.174 e. The van der Waals surface area contributed by atoms with E-state index in [1.165, 1.54) is 12.8 Å². The van der Waals surface area contributed by atoms with Crippen LogP contribution in [0.15, 0.2) is 6.07 Å². The SMILES string of the molecule is Clc1cc(NC2CC3CCC(C2)N3)c(Cl)nn1. The average Bonchev–Trinajstić information content (AvgIpc) is 2.63. The molecule has 1 aromatic rings. The second kappa shape index (κ2) is 4.59. The number of fused-ring (bicyclic) bond motifs is 2. The van der Waals surface area contributed by atoms with Gasteiger partial charge in [-0.3, -0.25) is 0 Å². The van der Waals surface area contributed by atoms with Gasteiger partial charge in [0.2, 0.25) is 0 Å². The molecule has 2 aliphatic heterocycles. The van der Waals surface area contributed by atoms with Crippen LogP contribution < -0.4 is 10.6 Å². The van der Waals surface area contributed by atoms with E-state index in [2.05, 4.69) is 20.8 Å². The van der Waals surface area contributed by atoms with E-state index in [1.54, 1.807) is 6.07 Å². The number of piperidine rings is 1. The molecule has 2 atom stereocenters. The van der Waals surface area contributed by atoms with E-state index in [1.807, 2.05) is 0 Å². The minimum atomic E-state index is 0.369. The Hall–Kier alpha value is -0.580. The van der Waals surface area contributed by atoms with Gasteiger partial charge in [-0.1, -0.05) is 23.2 Å². The zero-order chi connectivity index (χ0) is 11.8. The zero-order valence-corrected chi connectivity index (χ0v) is 10.8. The van der Waals surface area contributed by atoms with E-state index < -0.39 is 0 Å². The lowest BCUT2D eigenvalue weighted by atomic mass is 10.00. The van der Waals surface area contributed by atoms with Crippen molar-refractivity contribution in [2.45, 2.75) is 43.8 Å². The summed E-state index contributed by atoms with van der Waals surface area (Å²) in [6, 6.07) is 3.48. The fourth-order valence-electron chi connectivity index (χ4n) is 2.85. The Morgan fingerprint density at radius 1 is 1.18 bits per heavy atom. The number of hydrogen-bond acceptors (Lipinski definition) is 4. The van der Waals surface area contributed by atoms with Gasteiger partial charge in [0.25, 0.3) is 0 Å². The lowest BCUT2D eigenvalue weighted by Crippen LogP contribution is -2.43. The predicted molar refractivity (Wildman–Crippen MR) is 68.6 cm³/mol. The Morgan fingerprint density at radius 2 is 1.88 bits per heavy atom. The molecule has 3 rings (SSSR count). The van der Waals surface area contributed by atoms with E-state index >= 15 is 0 Å². The maximum atomic E-state index is 5.99. The van der Waals surface area contributed by atoms with Gasteiger partial charge >= 0.3 is 0 Å². The van der Waals surface area contributed by atoms with Crippen LogP contribution in [0.1, 0.15) is 25.7 Å². The average molecular weight is 273 g/mol. The summed E-state index contributed by atoms with van der Waals surface area (Å²) in [5, 5.41) is 15.3. The normalized spacial score (nSPS) is 31.5. The Labute approximate surface area is 110 Å². The molecule has 2 saturated heterocycles. The van der Waals surface area contributed by atoms with Crippen molar-refractivity contribution in [3.63, 3.8) is 0 Å². The molecule has 0 radical (unpaired) electrons. The number of aromatic nitrogens is 2. The largest absolute Gasteiger partial charge is 0.380 e. The summed E-state index contributed by atoms with van der Waals surface area (Å²) in [6.45, 7) is 0. The van der Waals surface area contributed by atoms with Gasteiger partial charge in [0.1, 0.15) is 0 Å². The first-order chi connectivity index (χ1) is 8.20. The lowest BCUT2D eigenvalue weighted by Gasteiger charge is -2.30. The maximum absolute atomic E-state index is 5.99. The Balaban J connectivity index is 1.72. The summed E-state index contributed by atoms with van der Waals surface area (Å²) in [6.07, 6.45) is 4.83. The Bertz CT molecular complexity index is 414. The topological polar surface area (TPSA) is 49.8 Å². The third kappa shape index (κ3) is 2.49. The van der Waals surface area contributed by atoms with Crippen LogP contribution in [-0.4, -0.2) is 28.3 Å². The number of hydrogen-bond donors (Lipinski definition) is 2. The van der Waals surface area contributed by atoms with E-state index in [4.69, 9.17) is 23.2 Å². The Kier molecular flexibility index (Phi) is 3.11. The minimum absolute atomic E-state index is 0.369. The number of anilines is 1. The van der Waals surface area contributed by atoms with Crippen LogP contribution in [0.3, 0.4) is 0 Å². The summed E-state index contributed by atoms with van der Waals surface area (Å²) in [5.74, 6) is 0. The van der Waals surface area contributed by atoms with Crippen molar-refractivity contribution in [1.82, 2.24) is 15.5 Å². The van der Waals surface area contributed by atoms with Crippen molar-refractivity contribution in [2.75, 3.05) is 5.32 Å². The molecule has 2 aliphatic rings. The third-order valence-electron chi connectivity index (χ3n) is 3.55. The molecule has 3 heterocycles. The van der Waals surface area contributed by atoms with E-state index in [0.29, 0.717) is 28.4 Å². The van der Waals surface area contributed by atoms with Crippen LogP contribution in [0.2, 0.25) is 10.3 Å². The van der Waals surface area contributed by atoms with Crippen LogP contribution in [0.5, 0.6) is 0 Å². The lowest BCUT2D eigenvalue weighted by molar-refractivity contribution is 0.378. The smallest absolute Gasteiger partial charge is 0.174 e. The van der Waals surface area contributed by atoms with Gasteiger partial charge in [0.05, 0.1) is 5.69 Å². The van der Waals surface area contributed by atoms with Gasteiger partial charge in [0, 0.05) is 24.2 Å². The van der Waals surface area contributed by atoms with Gasteiger partial charge in [-0.15, -0.1) is 10.2 Å². The monoisotopic (exact) mass is 272 g/mol. The Morgan fingerprint density at radius 3 is 2.59 bits per heavy atom. The molecule has 2 N–H and O–H groups in total. The highest BCUT2D eigenvalue weighted by Crippen LogP contribution is 2.30. The van der Waals surface area contributed by atoms with Crippen molar-refractivity contribution in [3.05, 3.63) is 16.4 Å². The van der Waals surface area contributed by atoms with Crippen molar-refractivity contribution < 1.29 is 0 Å². The molecule has 0 spiro atoms. The predicted octanol–water partition coefficient (Wildman–Crippen LogP) is 2.48. The first kappa shape index (κ1) is 11.5. The quantitative estimate of drug-likeness (QED) is 0.869. The molecule has 17 heavy (non-hydrogen) atoms. The van der Waals surface area contributed by atoms with Crippen molar-refractivity contribution in [1.29, 1.82) is 0 Å². The molecule has 2 fully saturated rings. The molecule has 2 unspecified atom stereocenters. The third-order valence-corrected chi connectivity index (χ3v) is 4.02. The number of halogens is 2. The van der Waals surface area contributed by atoms with E-state index in [0.717, 1.165) is 18.5 Å². The molecule has 1 aromatic heterocycles. The summed E-state index contributed by atoms with van der Waals surface area (Å²) >= 11 is 11.8. The van der Waals surface area contributed by atoms with Crippen LogP contribution in [-0.2, 0) is 0 Å². The summed E-state index contributed by atoms with van der Waals surface area (Å²) in [5.41, 5.74) is 0.790. The van der Waals surface area contributed by atoms with Gasteiger partial charge in [-0.05, 0) is 25.7 Å². The second-order valence-electron chi connectivity index (χ2n) is 4.82. The number of nitrogens with one attached hydrogen (secondary N) is 2. The van der Waals surface area contributed by atoms with Crippen molar-refractivity contribution >= 4 is 28.9 Å². The summed E-state index contributed by atoms with van der Waals surface area (Å²) in [4.78, 5) is 0.